The first kappa shape index (κ1) is 12.9. The normalized spacial score (nSPS) is 19.3. The number of halogens is 2. The zero-order valence-electron chi connectivity index (χ0n) is 8.95. The minimum atomic E-state index is -0.103. The molecule has 1 N–H and O–H groups in total. The van der Waals surface area contributed by atoms with Crippen molar-refractivity contribution in [2.45, 2.75) is 25.4 Å². The lowest BCUT2D eigenvalue weighted by atomic mass is 10.2. The summed E-state index contributed by atoms with van der Waals surface area (Å²) in [5.74, 6) is 0.324. The number of ether oxygens (including phenoxy) is 1. The number of carbonyl (C=O) groups is 1. The fourth-order valence-corrected chi connectivity index (χ4v) is 2.54. The first-order chi connectivity index (χ1) is 8.15. The van der Waals surface area contributed by atoms with Crippen LogP contribution in [0.15, 0.2) is 15.4 Å². The summed E-state index contributed by atoms with van der Waals surface area (Å²) in [5, 5.41) is 2.70. The third-order valence-corrected chi connectivity index (χ3v) is 3.33. The standard InChI is InChI=1S/C10H11Br2N3O2/c11-7-5-13-10(9(12)14-7)15-8(16)4-6-2-1-3-17-6/h5-6H,1-4H2,(H,13,15,16). The Bertz CT molecular complexity index is 422. The fraction of sp³-hybridized carbons (Fsp3) is 0.500. The largest absolute Gasteiger partial charge is 0.378 e. The molecule has 2 rings (SSSR count). The molecule has 1 aliphatic rings. The van der Waals surface area contributed by atoms with Crippen molar-refractivity contribution in [1.29, 1.82) is 0 Å². The van der Waals surface area contributed by atoms with Gasteiger partial charge in [0.25, 0.3) is 0 Å². The van der Waals surface area contributed by atoms with Gasteiger partial charge in [-0.1, -0.05) is 0 Å². The van der Waals surface area contributed by atoms with Crippen molar-refractivity contribution < 1.29 is 9.53 Å². The van der Waals surface area contributed by atoms with E-state index >= 15 is 0 Å². The molecule has 1 aliphatic heterocycles. The molecule has 7 heteroatoms. The minimum Gasteiger partial charge on any atom is -0.378 e. The van der Waals surface area contributed by atoms with Gasteiger partial charge in [0, 0.05) is 6.61 Å². The van der Waals surface area contributed by atoms with E-state index in [9.17, 15) is 4.79 Å². The van der Waals surface area contributed by atoms with Crippen LogP contribution in [0.25, 0.3) is 0 Å². The molecule has 92 valence electrons. The van der Waals surface area contributed by atoms with Gasteiger partial charge in [0.2, 0.25) is 5.91 Å². The third-order valence-electron chi connectivity index (χ3n) is 2.40. The molecule has 1 amide bonds. The molecule has 1 aromatic rings. The van der Waals surface area contributed by atoms with E-state index in [-0.39, 0.29) is 12.0 Å². The van der Waals surface area contributed by atoms with E-state index in [4.69, 9.17) is 4.74 Å². The van der Waals surface area contributed by atoms with Crippen LogP contribution in [0.5, 0.6) is 0 Å². The molecule has 0 saturated carbocycles. The van der Waals surface area contributed by atoms with Crippen molar-refractivity contribution in [1.82, 2.24) is 9.97 Å². The van der Waals surface area contributed by atoms with Crippen LogP contribution in [-0.4, -0.2) is 28.6 Å². The van der Waals surface area contributed by atoms with E-state index in [1.165, 1.54) is 6.20 Å². The van der Waals surface area contributed by atoms with Crippen molar-refractivity contribution in [3.05, 3.63) is 15.4 Å². The van der Waals surface area contributed by atoms with Gasteiger partial charge in [-0.3, -0.25) is 4.79 Å². The second-order valence-electron chi connectivity index (χ2n) is 3.72. The maximum atomic E-state index is 11.7. The zero-order valence-corrected chi connectivity index (χ0v) is 12.1. The Labute approximate surface area is 116 Å². The lowest BCUT2D eigenvalue weighted by Gasteiger charge is -2.09. The van der Waals surface area contributed by atoms with E-state index in [0.717, 1.165) is 19.4 Å². The number of hydrogen-bond donors (Lipinski definition) is 1. The molecule has 0 aliphatic carbocycles. The van der Waals surface area contributed by atoms with Crippen molar-refractivity contribution in [2.24, 2.45) is 0 Å². The zero-order chi connectivity index (χ0) is 12.3. The number of amides is 1. The number of nitrogens with zero attached hydrogens (tertiary/aromatic N) is 2. The molecule has 0 radical (unpaired) electrons. The van der Waals surface area contributed by atoms with E-state index in [2.05, 4.69) is 47.1 Å². The number of anilines is 1. The predicted octanol–water partition coefficient (Wildman–Crippen LogP) is 2.51. The monoisotopic (exact) mass is 363 g/mol. The SMILES string of the molecule is O=C(CC1CCCO1)Nc1ncc(Br)nc1Br. The molecule has 5 nitrogen and oxygen atoms in total. The second-order valence-corrected chi connectivity index (χ2v) is 5.28. The highest BCUT2D eigenvalue weighted by atomic mass is 79.9. The summed E-state index contributed by atoms with van der Waals surface area (Å²) in [6.45, 7) is 0.750. The molecule has 1 saturated heterocycles. The van der Waals surface area contributed by atoms with Gasteiger partial charge in [-0.2, -0.15) is 0 Å². The quantitative estimate of drug-likeness (QED) is 0.894. The average Bonchev–Trinajstić information content (AvgIpc) is 2.75. The predicted molar refractivity (Wildman–Crippen MR) is 69.7 cm³/mol. The summed E-state index contributed by atoms with van der Waals surface area (Å²) in [5.41, 5.74) is 0. The van der Waals surface area contributed by atoms with Gasteiger partial charge in [-0.25, -0.2) is 9.97 Å². The molecule has 1 atom stereocenters. The van der Waals surface area contributed by atoms with Gasteiger partial charge >= 0.3 is 0 Å². The smallest absolute Gasteiger partial charge is 0.228 e. The number of aromatic nitrogens is 2. The van der Waals surface area contributed by atoms with Gasteiger partial charge < -0.3 is 10.1 Å². The lowest BCUT2D eigenvalue weighted by Crippen LogP contribution is -2.20. The maximum Gasteiger partial charge on any atom is 0.228 e. The molecule has 0 bridgehead atoms. The highest BCUT2D eigenvalue weighted by molar-refractivity contribution is 9.11. The lowest BCUT2D eigenvalue weighted by molar-refractivity contribution is -0.118. The first-order valence-electron chi connectivity index (χ1n) is 5.24. The summed E-state index contributed by atoms with van der Waals surface area (Å²) in [6, 6.07) is 0. The van der Waals surface area contributed by atoms with Crippen LogP contribution >= 0.6 is 31.9 Å². The Morgan fingerprint density at radius 2 is 2.41 bits per heavy atom. The number of carbonyl (C=O) groups excluding carboxylic acids is 1. The highest BCUT2D eigenvalue weighted by Gasteiger charge is 2.19. The van der Waals surface area contributed by atoms with Gasteiger partial charge in [-0.15, -0.1) is 0 Å². The molecule has 0 aromatic carbocycles. The topological polar surface area (TPSA) is 64.1 Å². The molecule has 2 heterocycles. The van der Waals surface area contributed by atoms with E-state index in [1.54, 1.807) is 0 Å². The Hall–Kier alpha value is -0.530. The van der Waals surface area contributed by atoms with Crippen LogP contribution in [0, 0.1) is 0 Å². The fourth-order valence-electron chi connectivity index (χ4n) is 1.63. The summed E-state index contributed by atoms with van der Waals surface area (Å²) in [7, 11) is 0. The van der Waals surface area contributed by atoms with E-state index < -0.39 is 0 Å². The van der Waals surface area contributed by atoms with Crippen LogP contribution in [0.3, 0.4) is 0 Å². The Balaban J connectivity index is 1.93. The van der Waals surface area contributed by atoms with Crippen LogP contribution in [0.1, 0.15) is 19.3 Å². The van der Waals surface area contributed by atoms with Crippen molar-refractivity contribution in [2.75, 3.05) is 11.9 Å². The van der Waals surface area contributed by atoms with Crippen molar-refractivity contribution in [3.8, 4) is 0 Å². The number of nitrogens with one attached hydrogen (secondary N) is 1. The van der Waals surface area contributed by atoms with E-state index in [0.29, 0.717) is 21.4 Å². The Morgan fingerprint density at radius 1 is 1.59 bits per heavy atom. The second kappa shape index (κ2) is 5.88. The highest BCUT2D eigenvalue weighted by Crippen LogP contribution is 2.21. The first-order valence-corrected chi connectivity index (χ1v) is 6.83. The molecule has 0 spiro atoms. The average molecular weight is 365 g/mol. The number of hydrogen-bond acceptors (Lipinski definition) is 4. The van der Waals surface area contributed by atoms with Gasteiger partial charge in [0.1, 0.15) is 9.21 Å². The summed E-state index contributed by atoms with van der Waals surface area (Å²) in [4.78, 5) is 19.9. The molecular formula is C10H11Br2N3O2. The van der Waals surface area contributed by atoms with Crippen molar-refractivity contribution in [3.63, 3.8) is 0 Å². The molecule has 1 aromatic heterocycles. The maximum absolute atomic E-state index is 11.7. The third kappa shape index (κ3) is 3.72. The van der Waals surface area contributed by atoms with Crippen molar-refractivity contribution >= 4 is 43.6 Å². The van der Waals surface area contributed by atoms with Gasteiger partial charge in [0.15, 0.2) is 5.82 Å². The molecule has 17 heavy (non-hydrogen) atoms. The van der Waals surface area contributed by atoms with E-state index in [1.807, 2.05) is 0 Å². The molecule has 1 fully saturated rings. The Kier molecular flexibility index (Phi) is 4.47. The number of rotatable bonds is 3. The minimum absolute atomic E-state index is 0.0391. The van der Waals surface area contributed by atoms with Crippen LogP contribution in [-0.2, 0) is 9.53 Å². The summed E-state index contributed by atoms with van der Waals surface area (Å²) in [6.07, 6.45) is 3.91. The van der Waals surface area contributed by atoms with Crippen LogP contribution in [0.4, 0.5) is 5.82 Å². The van der Waals surface area contributed by atoms with Crippen LogP contribution < -0.4 is 5.32 Å². The van der Waals surface area contributed by atoms with Gasteiger partial charge in [-0.05, 0) is 44.7 Å². The molecular weight excluding hydrogens is 354 g/mol. The van der Waals surface area contributed by atoms with Gasteiger partial charge in [0.05, 0.1) is 18.7 Å². The Morgan fingerprint density at radius 3 is 3.06 bits per heavy atom. The molecule has 1 unspecified atom stereocenters. The van der Waals surface area contributed by atoms with Crippen LogP contribution in [0.2, 0.25) is 0 Å². The summed E-state index contributed by atoms with van der Waals surface area (Å²) >= 11 is 6.44. The summed E-state index contributed by atoms with van der Waals surface area (Å²) < 4.78 is 6.51.